The van der Waals surface area contributed by atoms with Gasteiger partial charge in [0, 0.05) is 17.1 Å². The van der Waals surface area contributed by atoms with Crippen LogP contribution < -0.4 is 15.1 Å². The summed E-state index contributed by atoms with van der Waals surface area (Å²) in [6, 6.07) is 8.71. The number of amides is 2. The molecule has 0 bridgehead atoms. The third kappa shape index (κ3) is 3.88. The lowest BCUT2D eigenvalue weighted by atomic mass is 10.1. The molecule has 0 unspecified atom stereocenters. The van der Waals surface area contributed by atoms with Gasteiger partial charge in [-0.2, -0.15) is 5.06 Å². The van der Waals surface area contributed by atoms with Gasteiger partial charge in [0.1, 0.15) is 12.4 Å². The van der Waals surface area contributed by atoms with Gasteiger partial charge in [-0.1, -0.05) is 28.1 Å². The van der Waals surface area contributed by atoms with Crippen molar-refractivity contribution in [3.63, 3.8) is 0 Å². The number of rotatable bonds is 4. The van der Waals surface area contributed by atoms with Crippen LogP contribution in [0, 0.1) is 20.8 Å². The summed E-state index contributed by atoms with van der Waals surface area (Å²) < 4.78 is 6.70. The molecule has 0 fully saturated rings. The molecule has 2 aromatic rings. The van der Waals surface area contributed by atoms with Crippen molar-refractivity contribution in [1.82, 2.24) is 5.32 Å². The van der Waals surface area contributed by atoms with E-state index in [0.717, 1.165) is 21.3 Å². The molecule has 24 heavy (non-hydrogen) atoms. The van der Waals surface area contributed by atoms with E-state index in [0.29, 0.717) is 16.3 Å². The van der Waals surface area contributed by atoms with Crippen LogP contribution in [0.4, 0.5) is 10.5 Å². The number of ether oxygens (including phenoxy) is 1. The molecule has 6 heteroatoms. The Hall–Kier alpha value is -2.05. The van der Waals surface area contributed by atoms with E-state index in [1.54, 1.807) is 12.1 Å². The molecular weight excluding hydrogens is 372 g/mol. The minimum Gasteiger partial charge on any atom is -0.489 e. The fourth-order valence-electron chi connectivity index (χ4n) is 2.34. The minimum absolute atomic E-state index is 0.216. The molecule has 2 N–H and O–H groups in total. The number of hydroxylamine groups is 1. The zero-order chi connectivity index (χ0) is 17.9. The van der Waals surface area contributed by atoms with Crippen LogP contribution in [0.2, 0.25) is 0 Å². The second-order valence-corrected chi connectivity index (χ2v) is 6.45. The van der Waals surface area contributed by atoms with Crippen molar-refractivity contribution in [1.29, 1.82) is 0 Å². The standard InChI is InChI=1S/C18H21BrN2O3/c1-11-8-13(3)17(9-12(11)2)24-10-14-15(19)6-5-7-16(14)21(23)18(22)20-4/h5-9,23H,10H2,1-4H3,(H,20,22). The molecule has 128 valence electrons. The molecule has 5 nitrogen and oxygen atoms in total. The maximum absolute atomic E-state index is 11.7. The normalized spacial score (nSPS) is 10.4. The summed E-state index contributed by atoms with van der Waals surface area (Å²) in [5, 5.41) is 13.0. The summed E-state index contributed by atoms with van der Waals surface area (Å²) in [5.74, 6) is 0.782. The van der Waals surface area contributed by atoms with E-state index in [-0.39, 0.29) is 6.61 Å². The van der Waals surface area contributed by atoms with E-state index in [9.17, 15) is 10.0 Å². The van der Waals surface area contributed by atoms with Crippen LogP contribution in [0.1, 0.15) is 22.3 Å². The van der Waals surface area contributed by atoms with Gasteiger partial charge < -0.3 is 10.1 Å². The molecule has 0 aliphatic carbocycles. The minimum atomic E-state index is -0.614. The van der Waals surface area contributed by atoms with E-state index >= 15 is 0 Å². The fraction of sp³-hybridized carbons (Fsp3) is 0.278. The summed E-state index contributed by atoms with van der Waals surface area (Å²) in [6.45, 7) is 6.30. The summed E-state index contributed by atoms with van der Waals surface area (Å²) in [7, 11) is 1.46. The number of hydrogen-bond acceptors (Lipinski definition) is 3. The summed E-state index contributed by atoms with van der Waals surface area (Å²) in [6.07, 6.45) is 0. The van der Waals surface area contributed by atoms with Gasteiger partial charge in [0.05, 0.1) is 5.69 Å². The lowest BCUT2D eigenvalue weighted by molar-refractivity contribution is 0.205. The topological polar surface area (TPSA) is 61.8 Å². The van der Waals surface area contributed by atoms with Gasteiger partial charge in [0.25, 0.3) is 0 Å². The van der Waals surface area contributed by atoms with Crippen molar-refractivity contribution < 1.29 is 14.7 Å². The smallest absolute Gasteiger partial charge is 0.345 e. The lowest BCUT2D eigenvalue weighted by Gasteiger charge is -2.20. The molecule has 0 saturated carbocycles. The highest BCUT2D eigenvalue weighted by atomic mass is 79.9. The molecule has 0 aliphatic rings. The number of nitrogens with one attached hydrogen (secondary N) is 1. The molecule has 0 atom stereocenters. The van der Waals surface area contributed by atoms with Gasteiger partial charge in [-0.3, -0.25) is 5.21 Å². The van der Waals surface area contributed by atoms with Crippen LogP contribution in [-0.4, -0.2) is 18.3 Å². The fourth-order valence-corrected chi connectivity index (χ4v) is 2.81. The number of nitrogens with zero attached hydrogens (tertiary/aromatic N) is 1. The number of carbonyl (C=O) groups is 1. The zero-order valence-corrected chi connectivity index (χ0v) is 15.8. The lowest BCUT2D eigenvalue weighted by Crippen LogP contribution is -2.36. The molecule has 0 aromatic heterocycles. The second-order valence-electron chi connectivity index (χ2n) is 5.60. The van der Waals surface area contributed by atoms with E-state index in [1.165, 1.54) is 12.6 Å². The number of halogens is 1. The summed E-state index contributed by atoms with van der Waals surface area (Å²) in [4.78, 5) is 11.7. The maximum Gasteiger partial charge on any atom is 0.345 e. The Morgan fingerprint density at radius 3 is 2.54 bits per heavy atom. The monoisotopic (exact) mass is 392 g/mol. The zero-order valence-electron chi connectivity index (χ0n) is 14.2. The Labute approximate surface area is 150 Å². The molecule has 0 saturated heterocycles. The van der Waals surface area contributed by atoms with Crippen molar-refractivity contribution in [2.24, 2.45) is 0 Å². The van der Waals surface area contributed by atoms with Crippen LogP contribution in [0.25, 0.3) is 0 Å². The number of aryl methyl sites for hydroxylation is 3. The first-order valence-corrected chi connectivity index (χ1v) is 8.33. The van der Waals surface area contributed by atoms with E-state index in [4.69, 9.17) is 4.74 Å². The van der Waals surface area contributed by atoms with Crippen molar-refractivity contribution in [3.05, 3.63) is 57.1 Å². The molecule has 2 aromatic carbocycles. The quantitative estimate of drug-likeness (QED) is 0.595. The van der Waals surface area contributed by atoms with Gasteiger partial charge in [-0.05, 0) is 55.7 Å². The van der Waals surface area contributed by atoms with Crippen LogP contribution in [0.3, 0.4) is 0 Å². The molecule has 0 aliphatic heterocycles. The first-order chi connectivity index (χ1) is 11.3. The Kier molecular flexibility index (Phi) is 5.85. The molecular formula is C18H21BrN2O3. The van der Waals surface area contributed by atoms with Crippen molar-refractivity contribution in [2.75, 3.05) is 12.1 Å². The van der Waals surface area contributed by atoms with Gasteiger partial charge >= 0.3 is 6.03 Å². The third-order valence-electron chi connectivity index (χ3n) is 3.89. The number of anilines is 1. The number of urea groups is 1. The predicted molar refractivity (Wildman–Crippen MR) is 97.8 cm³/mol. The van der Waals surface area contributed by atoms with Gasteiger partial charge in [0.2, 0.25) is 0 Å². The highest BCUT2D eigenvalue weighted by molar-refractivity contribution is 9.10. The Morgan fingerprint density at radius 1 is 1.21 bits per heavy atom. The number of hydrogen-bond donors (Lipinski definition) is 2. The average Bonchev–Trinajstić information content (AvgIpc) is 2.56. The number of benzene rings is 2. The van der Waals surface area contributed by atoms with Crippen LogP contribution >= 0.6 is 15.9 Å². The van der Waals surface area contributed by atoms with Crippen molar-refractivity contribution in [2.45, 2.75) is 27.4 Å². The van der Waals surface area contributed by atoms with Crippen molar-refractivity contribution in [3.8, 4) is 5.75 Å². The molecule has 0 heterocycles. The Bertz CT molecular complexity index is 762. The molecule has 0 spiro atoms. The highest BCUT2D eigenvalue weighted by Gasteiger charge is 2.18. The maximum atomic E-state index is 11.7. The number of carbonyl (C=O) groups excluding carboxylic acids is 1. The van der Waals surface area contributed by atoms with Gasteiger partial charge in [-0.25, -0.2) is 4.79 Å². The Balaban J connectivity index is 2.30. The molecule has 2 rings (SSSR count). The van der Waals surface area contributed by atoms with Crippen LogP contribution in [-0.2, 0) is 6.61 Å². The van der Waals surface area contributed by atoms with E-state index in [2.05, 4.69) is 34.2 Å². The Morgan fingerprint density at radius 2 is 1.88 bits per heavy atom. The average molecular weight is 393 g/mol. The van der Waals surface area contributed by atoms with Crippen LogP contribution in [0.5, 0.6) is 5.75 Å². The SMILES string of the molecule is CNC(=O)N(O)c1cccc(Br)c1COc1cc(C)c(C)cc1C. The molecule has 2 amide bonds. The van der Waals surface area contributed by atoms with E-state index < -0.39 is 6.03 Å². The second kappa shape index (κ2) is 7.68. The highest BCUT2D eigenvalue weighted by Crippen LogP contribution is 2.30. The first-order valence-electron chi connectivity index (χ1n) is 7.54. The van der Waals surface area contributed by atoms with Crippen LogP contribution in [0.15, 0.2) is 34.8 Å². The summed E-state index contributed by atoms with van der Waals surface area (Å²) >= 11 is 3.46. The summed E-state index contributed by atoms with van der Waals surface area (Å²) in [5.41, 5.74) is 4.45. The predicted octanol–water partition coefficient (Wildman–Crippen LogP) is 4.49. The van der Waals surface area contributed by atoms with E-state index in [1.807, 2.05) is 26.0 Å². The molecule has 0 radical (unpaired) electrons. The first kappa shape index (κ1) is 18.3. The van der Waals surface area contributed by atoms with Gasteiger partial charge in [-0.15, -0.1) is 0 Å². The third-order valence-corrected chi connectivity index (χ3v) is 4.63. The largest absolute Gasteiger partial charge is 0.489 e. The van der Waals surface area contributed by atoms with Crippen molar-refractivity contribution >= 4 is 27.6 Å². The van der Waals surface area contributed by atoms with Gasteiger partial charge in [0.15, 0.2) is 0 Å².